The van der Waals surface area contributed by atoms with Crippen molar-refractivity contribution in [3.05, 3.63) is 55.6 Å². The maximum absolute atomic E-state index is 3.63. The second-order valence-electron chi connectivity index (χ2n) is 2.11. The Kier molecular flexibility index (Phi) is 14.5. The lowest BCUT2D eigenvalue weighted by Gasteiger charge is -1.85. The van der Waals surface area contributed by atoms with Crippen LogP contribution in [0.2, 0.25) is 0 Å². The summed E-state index contributed by atoms with van der Waals surface area (Å²) in [4.78, 5) is 0. The van der Waals surface area contributed by atoms with Gasteiger partial charge in [-0.2, -0.15) is 0 Å². The molecular weight excluding hydrogens is 158 g/mol. The minimum absolute atomic E-state index is 1.17. The summed E-state index contributed by atoms with van der Waals surface area (Å²) >= 11 is 0. The van der Waals surface area contributed by atoms with E-state index in [0.717, 1.165) is 0 Å². The standard InChI is InChI=1S/C8H8.C2H7N.C2H4/c1-2-8-6-4-3-5-7-8;1-3-2;1-2/h2-7H,1H2;3H,1-2H3;1-2H2. The molecule has 0 spiro atoms. The second-order valence-corrected chi connectivity index (χ2v) is 2.11. The lowest BCUT2D eigenvalue weighted by atomic mass is 10.2. The van der Waals surface area contributed by atoms with Gasteiger partial charge in [-0.15, -0.1) is 13.2 Å². The smallest absolute Gasteiger partial charge is 0.0167 e. The molecule has 1 aromatic carbocycles. The average molecular weight is 177 g/mol. The topological polar surface area (TPSA) is 12.0 Å². The number of rotatable bonds is 1. The molecule has 0 aliphatic rings. The predicted octanol–water partition coefficient (Wildman–Crippen LogP) is 2.97. The summed E-state index contributed by atoms with van der Waals surface area (Å²) in [5.41, 5.74) is 1.17. The van der Waals surface area contributed by atoms with E-state index >= 15 is 0 Å². The first kappa shape index (κ1) is 14.2. The molecule has 1 aromatic rings. The summed E-state index contributed by atoms with van der Waals surface area (Å²) < 4.78 is 0. The third kappa shape index (κ3) is 10.7. The Morgan fingerprint density at radius 2 is 1.46 bits per heavy atom. The van der Waals surface area contributed by atoms with Gasteiger partial charge in [0.1, 0.15) is 0 Å². The Balaban J connectivity index is 0. The molecule has 1 rings (SSSR count). The lowest BCUT2D eigenvalue weighted by molar-refractivity contribution is 1.02. The van der Waals surface area contributed by atoms with Crippen LogP contribution in [0.5, 0.6) is 0 Å². The van der Waals surface area contributed by atoms with Crippen LogP contribution in [0.25, 0.3) is 6.08 Å². The average Bonchev–Trinajstić information content (AvgIpc) is 2.23. The molecule has 0 atom stereocenters. The Morgan fingerprint density at radius 3 is 1.69 bits per heavy atom. The second kappa shape index (κ2) is 13.3. The van der Waals surface area contributed by atoms with Crippen LogP contribution in [0.15, 0.2) is 50.1 Å². The summed E-state index contributed by atoms with van der Waals surface area (Å²) in [7, 11) is 3.75. The van der Waals surface area contributed by atoms with Gasteiger partial charge in [0.2, 0.25) is 0 Å². The van der Waals surface area contributed by atoms with E-state index in [9.17, 15) is 0 Å². The highest BCUT2D eigenvalue weighted by molar-refractivity contribution is 5.45. The molecule has 0 aliphatic carbocycles. The van der Waals surface area contributed by atoms with Crippen molar-refractivity contribution in [2.24, 2.45) is 0 Å². The van der Waals surface area contributed by atoms with E-state index in [1.165, 1.54) is 5.56 Å². The largest absolute Gasteiger partial charge is 0.323 e. The SMILES string of the molecule is C=C.C=Cc1ccccc1.CNC. The third-order valence-corrected chi connectivity index (χ3v) is 1.04. The van der Waals surface area contributed by atoms with E-state index in [1.54, 1.807) is 0 Å². The van der Waals surface area contributed by atoms with Gasteiger partial charge in [0.05, 0.1) is 0 Å². The normalized spacial score (nSPS) is 6.92. The van der Waals surface area contributed by atoms with Crippen LogP contribution in [-0.4, -0.2) is 14.1 Å². The fourth-order valence-corrected chi connectivity index (χ4v) is 0.589. The van der Waals surface area contributed by atoms with Gasteiger partial charge in [0, 0.05) is 0 Å². The van der Waals surface area contributed by atoms with Gasteiger partial charge in [0.15, 0.2) is 0 Å². The zero-order valence-electron chi connectivity index (χ0n) is 8.59. The molecule has 0 saturated heterocycles. The third-order valence-electron chi connectivity index (χ3n) is 1.04. The van der Waals surface area contributed by atoms with Crippen LogP contribution in [0, 0.1) is 0 Å². The monoisotopic (exact) mass is 177 g/mol. The molecule has 1 nitrogen and oxygen atoms in total. The summed E-state index contributed by atoms with van der Waals surface area (Å²) in [5, 5.41) is 2.75. The molecule has 0 heterocycles. The van der Waals surface area contributed by atoms with Crippen molar-refractivity contribution < 1.29 is 0 Å². The predicted molar refractivity (Wildman–Crippen MR) is 62.8 cm³/mol. The Bertz CT molecular complexity index is 192. The van der Waals surface area contributed by atoms with E-state index in [4.69, 9.17) is 0 Å². The van der Waals surface area contributed by atoms with Gasteiger partial charge in [-0.1, -0.05) is 43.0 Å². The number of nitrogens with one attached hydrogen (secondary N) is 1. The first-order valence-electron chi connectivity index (χ1n) is 4.11. The Hall–Kier alpha value is -1.34. The van der Waals surface area contributed by atoms with Crippen molar-refractivity contribution in [2.45, 2.75) is 0 Å². The molecule has 13 heavy (non-hydrogen) atoms. The molecular formula is C12H19N. The lowest BCUT2D eigenvalue weighted by Crippen LogP contribution is -1.89. The van der Waals surface area contributed by atoms with Crippen molar-refractivity contribution in [1.29, 1.82) is 0 Å². The van der Waals surface area contributed by atoms with Crippen molar-refractivity contribution in [3.8, 4) is 0 Å². The zero-order valence-corrected chi connectivity index (χ0v) is 8.59. The van der Waals surface area contributed by atoms with Gasteiger partial charge >= 0.3 is 0 Å². The molecule has 0 amide bonds. The summed E-state index contributed by atoms with van der Waals surface area (Å²) in [6.07, 6.45) is 1.83. The fraction of sp³-hybridized carbons (Fsp3) is 0.167. The van der Waals surface area contributed by atoms with Crippen LogP contribution >= 0.6 is 0 Å². The van der Waals surface area contributed by atoms with Gasteiger partial charge in [-0.05, 0) is 19.7 Å². The van der Waals surface area contributed by atoms with Gasteiger partial charge in [-0.25, -0.2) is 0 Å². The highest BCUT2D eigenvalue weighted by atomic mass is 14.7. The molecule has 0 bridgehead atoms. The number of hydrogen-bond acceptors (Lipinski definition) is 1. The van der Waals surface area contributed by atoms with Crippen LogP contribution in [0.3, 0.4) is 0 Å². The molecule has 0 unspecified atom stereocenters. The van der Waals surface area contributed by atoms with E-state index in [2.05, 4.69) is 25.1 Å². The van der Waals surface area contributed by atoms with Gasteiger partial charge in [-0.3, -0.25) is 0 Å². The van der Waals surface area contributed by atoms with Crippen LogP contribution in [-0.2, 0) is 0 Å². The van der Waals surface area contributed by atoms with E-state index in [-0.39, 0.29) is 0 Å². The van der Waals surface area contributed by atoms with Crippen LogP contribution in [0.1, 0.15) is 5.56 Å². The number of benzene rings is 1. The van der Waals surface area contributed by atoms with E-state index in [0.29, 0.717) is 0 Å². The first-order valence-corrected chi connectivity index (χ1v) is 4.11. The highest BCUT2D eigenvalue weighted by Crippen LogP contribution is 1.97. The summed E-state index contributed by atoms with van der Waals surface area (Å²) in [5.74, 6) is 0. The number of hydrogen-bond donors (Lipinski definition) is 1. The zero-order chi connectivity index (χ0) is 10.5. The van der Waals surface area contributed by atoms with Crippen molar-refractivity contribution in [2.75, 3.05) is 14.1 Å². The maximum Gasteiger partial charge on any atom is -0.0167 e. The summed E-state index contributed by atoms with van der Waals surface area (Å²) in [6.45, 7) is 9.63. The minimum Gasteiger partial charge on any atom is -0.323 e. The van der Waals surface area contributed by atoms with Gasteiger partial charge < -0.3 is 5.32 Å². The van der Waals surface area contributed by atoms with Crippen molar-refractivity contribution in [3.63, 3.8) is 0 Å². The molecule has 1 heteroatoms. The van der Waals surface area contributed by atoms with Gasteiger partial charge in [0.25, 0.3) is 0 Å². The summed E-state index contributed by atoms with van der Waals surface area (Å²) in [6, 6.07) is 10.0. The molecule has 72 valence electrons. The van der Waals surface area contributed by atoms with E-state index in [1.807, 2.05) is 50.5 Å². The van der Waals surface area contributed by atoms with E-state index < -0.39 is 0 Å². The molecule has 0 aliphatic heterocycles. The Labute approximate surface area is 81.8 Å². The molecule has 0 aromatic heterocycles. The maximum atomic E-state index is 3.63. The highest BCUT2D eigenvalue weighted by Gasteiger charge is 1.75. The molecule has 1 N–H and O–H groups in total. The van der Waals surface area contributed by atoms with Crippen LogP contribution < -0.4 is 5.32 Å². The quantitative estimate of drug-likeness (QED) is 0.650. The van der Waals surface area contributed by atoms with Crippen molar-refractivity contribution >= 4 is 6.08 Å². The first-order chi connectivity index (χ1) is 6.35. The molecule has 0 fully saturated rings. The molecule has 0 radical (unpaired) electrons. The molecule has 0 saturated carbocycles. The minimum atomic E-state index is 1.17. The van der Waals surface area contributed by atoms with Crippen molar-refractivity contribution in [1.82, 2.24) is 5.32 Å². The van der Waals surface area contributed by atoms with Crippen LogP contribution in [0.4, 0.5) is 0 Å². The fourth-order valence-electron chi connectivity index (χ4n) is 0.589. The Morgan fingerprint density at radius 1 is 1.08 bits per heavy atom.